The fraction of sp³-hybridized carbons (Fsp3) is 0.286. The van der Waals surface area contributed by atoms with E-state index in [0.717, 1.165) is 6.26 Å². The molecule has 0 spiro atoms. The number of hydrogen-bond donors (Lipinski definition) is 3. The molecule has 0 saturated heterocycles. The third-order valence-corrected chi connectivity index (χ3v) is 3.71. The van der Waals surface area contributed by atoms with E-state index in [1.165, 1.54) is 23.3 Å². The van der Waals surface area contributed by atoms with Crippen molar-refractivity contribution >= 4 is 32.6 Å². The van der Waals surface area contributed by atoms with E-state index in [-0.39, 0.29) is 11.5 Å². The molecule has 0 aromatic carbocycles. The average Bonchev–Trinajstić information content (AvgIpc) is 2.89. The van der Waals surface area contributed by atoms with Crippen LogP contribution in [0.3, 0.4) is 0 Å². The molecule has 0 amide bonds. The predicted octanol–water partition coefficient (Wildman–Crippen LogP) is 0.699. The van der Waals surface area contributed by atoms with E-state index in [2.05, 4.69) is 24.8 Å². The molecule has 11 heteroatoms. The number of rotatable bonds is 3. The number of aromatic nitrogens is 5. The second-order valence-corrected chi connectivity index (χ2v) is 6.68. The highest BCUT2D eigenvalue weighted by Crippen LogP contribution is 2.29. The second-order valence-electron chi connectivity index (χ2n) is 4.94. The fourth-order valence-electron chi connectivity index (χ4n) is 2.21. The Morgan fingerprint density at radius 1 is 1.28 bits per heavy atom. The number of sulfonamides is 1. The number of nitrogens with one attached hydrogen (secondary N) is 2. The van der Waals surface area contributed by atoms with Crippen molar-refractivity contribution in [1.82, 2.24) is 24.7 Å². The van der Waals surface area contributed by atoms with Crippen LogP contribution in [0.4, 0.5) is 11.5 Å². The Morgan fingerprint density at radius 3 is 2.60 bits per heavy atom. The summed E-state index contributed by atoms with van der Waals surface area (Å²) in [6, 6.07) is 1.38. The maximum Gasteiger partial charge on any atom is 0.272 e. The van der Waals surface area contributed by atoms with Gasteiger partial charge in [-0.2, -0.15) is 5.10 Å². The van der Waals surface area contributed by atoms with Gasteiger partial charge in [0.25, 0.3) is 5.56 Å². The van der Waals surface area contributed by atoms with Gasteiger partial charge in [0, 0.05) is 18.8 Å². The van der Waals surface area contributed by atoms with E-state index >= 15 is 0 Å². The Hall–Kier alpha value is -2.95. The van der Waals surface area contributed by atoms with Crippen LogP contribution in [-0.2, 0) is 17.1 Å². The number of fused-ring (bicyclic) bond motifs is 1. The van der Waals surface area contributed by atoms with Crippen molar-refractivity contribution in [2.24, 2.45) is 7.05 Å². The first-order valence-corrected chi connectivity index (χ1v) is 9.29. The molecule has 10 nitrogen and oxygen atoms in total. The van der Waals surface area contributed by atoms with Crippen LogP contribution in [0.15, 0.2) is 23.4 Å². The van der Waals surface area contributed by atoms with Gasteiger partial charge in [0.2, 0.25) is 10.0 Å². The number of aromatic amines is 1. The van der Waals surface area contributed by atoms with Gasteiger partial charge in [-0.25, -0.2) is 23.1 Å². The van der Waals surface area contributed by atoms with E-state index < -0.39 is 15.6 Å². The number of hydrogen-bond acceptors (Lipinski definition) is 7. The van der Waals surface area contributed by atoms with Gasteiger partial charge in [0.1, 0.15) is 23.5 Å². The number of H-pyrrole nitrogens is 1. The molecule has 0 bridgehead atoms. The number of nitrogens with zero attached hydrogens (tertiary/aromatic N) is 4. The van der Waals surface area contributed by atoms with E-state index in [4.69, 9.17) is 5.73 Å². The molecule has 0 aliphatic rings. The molecular formula is C14H19N7O3S. The van der Waals surface area contributed by atoms with Crippen molar-refractivity contribution in [2.45, 2.75) is 13.8 Å². The molecule has 0 atom stereocenters. The van der Waals surface area contributed by atoms with Crippen LogP contribution in [0.5, 0.6) is 0 Å². The van der Waals surface area contributed by atoms with Crippen molar-refractivity contribution in [3.63, 3.8) is 0 Å². The summed E-state index contributed by atoms with van der Waals surface area (Å²) in [5.74, 6) is 0.238. The molecule has 0 fully saturated rings. The number of aryl methyl sites for hydroxylation is 1. The zero-order chi connectivity index (χ0) is 18.8. The smallest absolute Gasteiger partial charge is 0.272 e. The van der Waals surface area contributed by atoms with E-state index in [1.807, 2.05) is 13.8 Å². The maximum absolute atomic E-state index is 11.8. The molecule has 0 saturated carbocycles. The number of anilines is 2. The second kappa shape index (κ2) is 6.89. The highest BCUT2D eigenvalue weighted by molar-refractivity contribution is 7.92. The van der Waals surface area contributed by atoms with Gasteiger partial charge in [0.15, 0.2) is 5.65 Å². The Morgan fingerprint density at radius 2 is 1.96 bits per heavy atom. The Labute approximate surface area is 144 Å². The average molecular weight is 365 g/mol. The van der Waals surface area contributed by atoms with E-state index in [0.29, 0.717) is 22.3 Å². The molecular weight excluding hydrogens is 346 g/mol. The van der Waals surface area contributed by atoms with E-state index in [9.17, 15) is 13.2 Å². The summed E-state index contributed by atoms with van der Waals surface area (Å²) in [6.07, 6.45) is 3.71. The summed E-state index contributed by atoms with van der Waals surface area (Å²) in [5, 5.41) is 4.84. The molecule has 4 N–H and O–H groups in total. The highest BCUT2D eigenvalue weighted by atomic mass is 32.2. The first-order chi connectivity index (χ1) is 11.8. The van der Waals surface area contributed by atoms with Gasteiger partial charge in [-0.15, -0.1) is 0 Å². The van der Waals surface area contributed by atoms with E-state index in [1.54, 1.807) is 7.05 Å². The Balaban J connectivity index is 0.00000109. The zero-order valence-electron chi connectivity index (χ0n) is 14.2. The third kappa shape index (κ3) is 3.76. The van der Waals surface area contributed by atoms with Crippen LogP contribution in [0.1, 0.15) is 13.8 Å². The minimum atomic E-state index is -3.59. The van der Waals surface area contributed by atoms with Crippen molar-refractivity contribution in [1.29, 1.82) is 0 Å². The monoisotopic (exact) mass is 365 g/mol. The molecule has 3 heterocycles. The molecule has 3 aromatic heterocycles. The van der Waals surface area contributed by atoms with Crippen LogP contribution >= 0.6 is 0 Å². The summed E-state index contributed by atoms with van der Waals surface area (Å²) in [4.78, 5) is 22.3. The van der Waals surface area contributed by atoms with Crippen LogP contribution < -0.4 is 16.0 Å². The molecule has 0 unspecified atom stereocenters. The number of nitrogen functional groups attached to an aromatic ring is 1. The summed E-state index contributed by atoms with van der Waals surface area (Å²) < 4.78 is 26.4. The number of pyridine rings is 1. The van der Waals surface area contributed by atoms with Crippen LogP contribution in [0.25, 0.3) is 22.3 Å². The van der Waals surface area contributed by atoms with Crippen LogP contribution in [0, 0.1) is 0 Å². The minimum Gasteiger partial charge on any atom is -0.383 e. The Bertz CT molecular complexity index is 1070. The van der Waals surface area contributed by atoms with Gasteiger partial charge >= 0.3 is 0 Å². The summed E-state index contributed by atoms with van der Waals surface area (Å²) in [5.41, 5.74) is 6.65. The molecule has 3 aromatic rings. The third-order valence-electron chi connectivity index (χ3n) is 3.12. The molecule has 0 radical (unpaired) electrons. The Kier molecular flexibility index (Phi) is 5.07. The molecule has 134 valence electrons. The molecule has 0 aliphatic carbocycles. The summed E-state index contributed by atoms with van der Waals surface area (Å²) in [6.45, 7) is 4.00. The molecule has 3 rings (SSSR count). The number of nitrogens with two attached hydrogens (primary N) is 1. The van der Waals surface area contributed by atoms with Crippen molar-refractivity contribution in [2.75, 3.05) is 16.7 Å². The standard InChI is InChI=1S/C12H13N7O3S.C2H6/c1-19-11-8(10(13)15-5-16-11)9(17-19)6-3-7(12(20)14-4-6)18-23(2,21)22;1-2/h3-5,18H,1-2H3,(H,14,20)(H2,13,15,16);1-2H3. The lowest BCUT2D eigenvalue weighted by molar-refractivity contribution is 0.606. The van der Waals surface area contributed by atoms with Gasteiger partial charge in [-0.1, -0.05) is 13.8 Å². The van der Waals surface area contributed by atoms with Gasteiger partial charge in [-0.05, 0) is 6.07 Å². The van der Waals surface area contributed by atoms with Crippen LogP contribution in [-0.4, -0.2) is 39.4 Å². The quantitative estimate of drug-likeness (QED) is 0.618. The van der Waals surface area contributed by atoms with Crippen molar-refractivity contribution < 1.29 is 8.42 Å². The normalized spacial score (nSPS) is 11.0. The lowest BCUT2D eigenvalue weighted by atomic mass is 10.1. The van der Waals surface area contributed by atoms with Crippen molar-refractivity contribution in [3.05, 3.63) is 28.9 Å². The largest absolute Gasteiger partial charge is 0.383 e. The highest BCUT2D eigenvalue weighted by Gasteiger charge is 2.17. The van der Waals surface area contributed by atoms with Crippen molar-refractivity contribution in [3.8, 4) is 11.3 Å². The topological polar surface area (TPSA) is 149 Å². The molecule has 25 heavy (non-hydrogen) atoms. The predicted molar refractivity (Wildman–Crippen MR) is 96.6 cm³/mol. The lowest BCUT2D eigenvalue weighted by Gasteiger charge is -2.05. The maximum atomic E-state index is 11.8. The zero-order valence-corrected chi connectivity index (χ0v) is 15.0. The van der Waals surface area contributed by atoms with Gasteiger partial charge in [-0.3, -0.25) is 9.52 Å². The first-order valence-electron chi connectivity index (χ1n) is 7.40. The summed E-state index contributed by atoms with van der Waals surface area (Å²) in [7, 11) is -1.90. The molecule has 0 aliphatic heterocycles. The van der Waals surface area contributed by atoms with Gasteiger partial charge < -0.3 is 10.7 Å². The lowest BCUT2D eigenvalue weighted by Crippen LogP contribution is -2.18. The first kappa shape index (κ1) is 18.4. The fourth-order valence-corrected chi connectivity index (χ4v) is 2.76. The SMILES string of the molecule is CC.Cn1nc(-c2c[nH]c(=O)c(NS(C)(=O)=O)c2)c2c(N)ncnc21. The minimum absolute atomic E-state index is 0.112. The van der Waals surface area contributed by atoms with Gasteiger partial charge in [0.05, 0.1) is 11.6 Å². The van der Waals surface area contributed by atoms with Crippen LogP contribution in [0.2, 0.25) is 0 Å². The summed E-state index contributed by atoms with van der Waals surface area (Å²) >= 11 is 0.